The number of ether oxygens (including phenoxy) is 1. The van der Waals surface area contributed by atoms with E-state index in [0.29, 0.717) is 11.3 Å². The van der Waals surface area contributed by atoms with Crippen molar-refractivity contribution in [2.24, 2.45) is 0 Å². The Morgan fingerprint density at radius 1 is 1.07 bits per heavy atom. The van der Waals surface area contributed by atoms with Crippen LogP contribution < -0.4 is 10.1 Å². The number of nitrogens with one attached hydrogen (secondary N) is 1. The van der Waals surface area contributed by atoms with Gasteiger partial charge >= 0.3 is 0 Å². The third-order valence-corrected chi connectivity index (χ3v) is 3.61. The first kappa shape index (κ1) is 17.9. The van der Waals surface area contributed by atoms with Crippen LogP contribution in [0, 0.1) is 10.1 Å². The van der Waals surface area contributed by atoms with Gasteiger partial charge in [0.2, 0.25) is 0 Å². The van der Waals surface area contributed by atoms with Gasteiger partial charge in [-0.3, -0.25) is 19.7 Å². The minimum absolute atomic E-state index is 0.114. The Morgan fingerprint density at radius 2 is 1.85 bits per heavy atom. The summed E-state index contributed by atoms with van der Waals surface area (Å²) in [6.45, 7) is -0.265. The van der Waals surface area contributed by atoms with Gasteiger partial charge in [-0.25, -0.2) is 0 Å². The number of nitro groups is 1. The molecule has 1 heterocycles. The van der Waals surface area contributed by atoms with Crippen LogP contribution in [0.1, 0.15) is 20.9 Å². The number of carbonyl (C=O) groups excluding carboxylic acids is 2. The normalized spacial score (nSPS) is 10.2. The van der Waals surface area contributed by atoms with Crippen LogP contribution in [0.5, 0.6) is 5.75 Å². The smallest absolute Gasteiger partial charge is 0.291 e. The first-order valence-electron chi connectivity index (χ1n) is 7.88. The molecule has 0 radical (unpaired) electrons. The quantitative estimate of drug-likeness (QED) is 0.388. The molecule has 0 aliphatic carbocycles. The van der Waals surface area contributed by atoms with Gasteiger partial charge in [-0.2, -0.15) is 0 Å². The molecule has 1 amide bonds. The number of rotatable bonds is 7. The zero-order valence-corrected chi connectivity index (χ0v) is 14.0. The maximum absolute atomic E-state index is 12.2. The predicted octanol–water partition coefficient (Wildman–Crippen LogP) is 3.70. The minimum Gasteiger partial charge on any atom is -0.485 e. The largest absolute Gasteiger partial charge is 0.485 e. The first-order chi connectivity index (χ1) is 13.0. The van der Waals surface area contributed by atoms with Crippen LogP contribution in [0.15, 0.2) is 71.3 Å². The zero-order valence-electron chi connectivity index (χ0n) is 14.0. The zero-order chi connectivity index (χ0) is 19.2. The minimum atomic E-state index is -0.537. The van der Waals surface area contributed by atoms with Gasteiger partial charge in [-0.15, -0.1) is 0 Å². The molecule has 0 unspecified atom stereocenters. The van der Waals surface area contributed by atoms with Crippen LogP contribution in [0.2, 0.25) is 0 Å². The van der Waals surface area contributed by atoms with Crippen molar-refractivity contribution in [3.63, 3.8) is 0 Å². The summed E-state index contributed by atoms with van der Waals surface area (Å²) < 4.78 is 10.3. The lowest BCUT2D eigenvalue weighted by molar-refractivity contribution is -0.384. The van der Waals surface area contributed by atoms with Crippen LogP contribution >= 0.6 is 0 Å². The van der Waals surface area contributed by atoms with E-state index in [-0.39, 0.29) is 29.6 Å². The van der Waals surface area contributed by atoms with E-state index >= 15 is 0 Å². The number of hydrogen-bond donors (Lipinski definition) is 1. The lowest BCUT2D eigenvalue weighted by Crippen LogP contribution is -2.13. The van der Waals surface area contributed by atoms with Crippen molar-refractivity contribution in [2.45, 2.75) is 0 Å². The van der Waals surface area contributed by atoms with Gasteiger partial charge in [-0.1, -0.05) is 6.07 Å². The second-order valence-corrected chi connectivity index (χ2v) is 5.48. The van der Waals surface area contributed by atoms with Crippen LogP contribution in [-0.2, 0) is 0 Å². The summed E-state index contributed by atoms with van der Waals surface area (Å²) in [5.74, 6) is -0.279. The van der Waals surface area contributed by atoms with Crippen molar-refractivity contribution in [2.75, 3.05) is 11.9 Å². The van der Waals surface area contributed by atoms with Crippen LogP contribution in [0.4, 0.5) is 11.4 Å². The highest BCUT2D eigenvalue weighted by atomic mass is 16.6. The van der Waals surface area contributed by atoms with Crippen LogP contribution in [0.25, 0.3) is 0 Å². The van der Waals surface area contributed by atoms with Crippen molar-refractivity contribution in [3.05, 3.63) is 88.4 Å². The third kappa shape index (κ3) is 4.57. The van der Waals surface area contributed by atoms with Gasteiger partial charge in [0.25, 0.3) is 11.6 Å². The summed E-state index contributed by atoms with van der Waals surface area (Å²) >= 11 is 0. The molecular formula is C19H14N2O6. The number of nitrogens with zero attached hydrogens (tertiary/aromatic N) is 1. The van der Waals surface area contributed by atoms with E-state index in [2.05, 4.69) is 5.32 Å². The molecule has 0 spiro atoms. The van der Waals surface area contributed by atoms with E-state index < -0.39 is 10.8 Å². The Bertz CT molecular complexity index is 964. The van der Waals surface area contributed by atoms with Crippen LogP contribution in [-0.4, -0.2) is 23.2 Å². The van der Waals surface area contributed by atoms with E-state index in [0.717, 1.165) is 0 Å². The fourth-order valence-corrected chi connectivity index (χ4v) is 2.26. The number of anilines is 1. The third-order valence-electron chi connectivity index (χ3n) is 3.61. The molecule has 2 aromatic carbocycles. The molecule has 0 fully saturated rings. The highest BCUT2D eigenvalue weighted by molar-refractivity contribution is 6.03. The lowest BCUT2D eigenvalue weighted by atomic mass is 10.1. The second-order valence-electron chi connectivity index (χ2n) is 5.48. The fourth-order valence-electron chi connectivity index (χ4n) is 2.26. The average molecular weight is 366 g/mol. The van der Waals surface area contributed by atoms with Crippen molar-refractivity contribution in [1.29, 1.82) is 0 Å². The summed E-state index contributed by atoms with van der Waals surface area (Å²) in [4.78, 5) is 34.3. The van der Waals surface area contributed by atoms with Crippen molar-refractivity contribution < 1.29 is 23.7 Å². The molecular weight excluding hydrogens is 352 g/mol. The molecule has 8 nitrogen and oxygen atoms in total. The molecule has 0 aliphatic rings. The SMILES string of the molecule is O=C(COc1cccc([N+](=O)[O-])c1)c1ccc(NC(=O)c2ccco2)cc1. The Hall–Kier alpha value is -3.94. The second kappa shape index (κ2) is 7.96. The molecule has 3 rings (SSSR count). The van der Waals surface area contributed by atoms with E-state index in [1.165, 1.54) is 30.5 Å². The van der Waals surface area contributed by atoms with Crippen molar-refractivity contribution in [3.8, 4) is 5.75 Å². The lowest BCUT2D eigenvalue weighted by Gasteiger charge is -2.07. The molecule has 0 saturated carbocycles. The van der Waals surface area contributed by atoms with Gasteiger partial charge in [-0.05, 0) is 42.5 Å². The average Bonchev–Trinajstić information content (AvgIpc) is 3.22. The highest BCUT2D eigenvalue weighted by Crippen LogP contribution is 2.19. The standard InChI is InChI=1S/C19H14N2O6/c22-17(12-27-16-4-1-3-15(11-16)21(24)25)13-6-8-14(9-7-13)20-19(23)18-5-2-10-26-18/h1-11H,12H2,(H,20,23). The number of carbonyl (C=O) groups is 2. The van der Waals surface area contributed by atoms with Crippen LogP contribution in [0.3, 0.4) is 0 Å². The molecule has 136 valence electrons. The maximum atomic E-state index is 12.2. The van der Waals surface area contributed by atoms with Gasteiger partial charge in [0.05, 0.1) is 17.3 Å². The number of furan rings is 1. The Balaban J connectivity index is 1.58. The number of Topliss-reactive ketones (excluding diaryl/α,β-unsaturated/α-hetero) is 1. The van der Waals surface area contributed by atoms with Gasteiger partial charge in [0, 0.05) is 17.3 Å². The molecule has 0 saturated heterocycles. The fraction of sp³-hybridized carbons (Fsp3) is 0.0526. The molecule has 1 N–H and O–H groups in total. The topological polar surface area (TPSA) is 112 Å². The Labute approximate surface area is 153 Å². The molecule has 0 bridgehead atoms. The van der Waals surface area contributed by atoms with Crippen molar-refractivity contribution in [1.82, 2.24) is 0 Å². The number of non-ortho nitro benzene ring substituents is 1. The molecule has 0 aliphatic heterocycles. The molecule has 3 aromatic rings. The molecule has 8 heteroatoms. The number of benzene rings is 2. The summed E-state index contributed by atoms with van der Waals surface area (Å²) in [6.07, 6.45) is 1.40. The molecule has 1 aromatic heterocycles. The van der Waals surface area contributed by atoms with Crippen molar-refractivity contribution >= 4 is 23.1 Å². The summed E-state index contributed by atoms with van der Waals surface area (Å²) in [5.41, 5.74) is 0.778. The monoisotopic (exact) mass is 366 g/mol. The Morgan fingerprint density at radius 3 is 2.52 bits per heavy atom. The van der Waals surface area contributed by atoms with Gasteiger partial charge in [0.15, 0.2) is 18.2 Å². The molecule has 27 heavy (non-hydrogen) atoms. The summed E-state index contributed by atoms with van der Waals surface area (Å²) in [7, 11) is 0. The van der Waals surface area contributed by atoms with E-state index in [9.17, 15) is 19.7 Å². The Kier molecular flexibility index (Phi) is 5.27. The highest BCUT2D eigenvalue weighted by Gasteiger charge is 2.12. The number of nitro benzene ring substituents is 1. The number of ketones is 1. The predicted molar refractivity (Wildman–Crippen MR) is 96.0 cm³/mol. The van der Waals surface area contributed by atoms with E-state index in [1.54, 1.807) is 36.4 Å². The van der Waals surface area contributed by atoms with Gasteiger partial charge in [0.1, 0.15) is 5.75 Å². The maximum Gasteiger partial charge on any atom is 0.291 e. The van der Waals surface area contributed by atoms with E-state index in [4.69, 9.17) is 9.15 Å². The first-order valence-corrected chi connectivity index (χ1v) is 7.88. The van der Waals surface area contributed by atoms with E-state index in [1.807, 2.05) is 0 Å². The summed E-state index contributed by atoms with van der Waals surface area (Å²) in [5, 5.41) is 13.4. The number of hydrogen-bond acceptors (Lipinski definition) is 6. The van der Waals surface area contributed by atoms with Gasteiger partial charge < -0.3 is 14.5 Å². The molecule has 0 atom stereocenters. The summed E-state index contributed by atoms with van der Waals surface area (Å²) in [6, 6.07) is 15.0. The number of amides is 1.